The average molecular weight is 141 g/mol. The van der Waals surface area contributed by atoms with Crippen LogP contribution >= 0.6 is 0 Å². The third-order valence-corrected chi connectivity index (χ3v) is 2.14. The minimum atomic E-state index is -0.0374. The van der Waals surface area contributed by atoms with Crippen molar-refractivity contribution in [2.45, 2.75) is 26.8 Å². The number of hydrogen-bond acceptors (Lipinski definition) is 2. The quantitative estimate of drug-likeness (QED) is 0.533. The van der Waals surface area contributed by atoms with Crippen molar-refractivity contribution < 1.29 is 4.79 Å². The Kier molecular flexibility index (Phi) is 1.82. The van der Waals surface area contributed by atoms with E-state index in [4.69, 9.17) is 0 Å². The lowest BCUT2D eigenvalue weighted by atomic mass is 9.83. The maximum Gasteiger partial charge on any atom is 0.128 e. The molecule has 1 fully saturated rings. The second-order valence-electron chi connectivity index (χ2n) is 3.77. The monoisotopic (exact) mass is 141 g/mol. The summed E-state index contributed by atoms with van der Waals surface area (Å²) >= 11 is 0. The second kappa shape index (κ2) is 2.35. The summed E-state index contributed by atoms with van der Waals surface area (Å²) < 4.78 is 0. The molecule has 0 radical (unpaired) electrons. The Morgan fingerprint density at radius 2 is 2.00 bits per heavy atom. The highest BCUT2D eigenvalue weighted by Crippen LogP contribution is 2.28. The molecule has 0 aromatic carbocycles. The molecule has 58 valence electrons. The van der Waals surface area contributed by atoms with Crippen molar-refractivity contribution in [1.82, 2.24) is 4.90 Å². The molecule has 0 aliphatic carbocycles. The Labute approximate surface area is 62.2 Å². The van der Waals surface area contributed by atoms with E-state index in [1.165, 1.54) is 0 Å². The summed E-state index contributed by atoms with van der Waals surface area (Å²) in [6, 6.07) is 0.591. The molecule has 10 heavy (non-hydrogen) atoms. The van der Waals surface area contributed by atoms with Crippen LogP contribution in [0, 0.1) is 5.41 Å². The highest BCUT2D eigenvalue weighted by Gasteiger charge is 2.39. The van der Waals surface area contributed by atoms with Gasteiger partial charge in [0.2, 0.25) is 0 Å². The van der Waals surface area contributed by atoms with E-state index in [2.05, 4.69) is 18.7 Å². The van der Waals surface area contributed by atoms with E-state index < -0.39 is 0 Å². The van der Waals surface area contributed by atoms with Crippen LogP contribution in [0.5, 0.6) is 0 Å². The minimum Gasteiger partial charge on any atom is -0.303 e. The lowest BCUT2D eigenvalue weighted by molar-refractivity contribution is -0.125. The van der Waals surface area contributed by atoms with Crippen LogP contribution in [0.2, 0.25) is 0 Å². The van der Waals surface area contributed by atoms with E-state index in [9.17, 15) is 4.79 Å². The van der Waals surface area contributed by atoms with E-state index in [-0.39, 0.29) is 5.41 Å². The van der Waals surface area contributed by atoms with Crippen molar-refractivity contribution in [3.05, 3.63) is 0 Å². The Balaban J connectivity index is 2.36. The lowest BCUT2D eigenvalue weighted by Gasteiger charge is -2.46. The molecule has 1 aliphatic rings. The molecule has 1 saturated heterocycles. The number of likely N-dealkylation sites (tertiary alicyclic amines) is 1. The van der Waals surface area contributed by atoms with Crippen LogP contribution in [0.4, 0.5) is 0 Å². The molecule has 0 saturated carbocycles. The molecule has 0 aromatic rings. The van der Waals surface area contributed by atoms with Gasteiger partial charge in [-0.25, -0.2) is 0 Å². The molecule has 0 unspecified atom stereocenters. The van der Waals surface area contributed by atoms with Gasteiger partial charge in [0.15, 0.2) is 0 Å². The summed E-state index contributed by atoms with van der Waals surface area (Å²) in [5, 5.41) is 0. The predicted octanol–water partition coefficient (Wildman–Crippen LogP) is 0.916. The smallest absolute Gasteiger partial charge is 0.128 e. The highest BCUT2D eigenvalue weighted by molar-refractivity contribution is 5.61. The molecule has 0 bridgehead atoms. The normalized spacial score (nSPS) is 24.4. The fraction of sp³-hybridized carbons (Fsp3) is 0.875. The third-order valence-electron chi connectivity index (χ3n) is 2.14. The molecule has 2 nitrogen and oxygen atoms in total. The zero-order valence-electron chi connectivity index (χ0n) is 6.92. The Morgan fingerprint density at radius 3 is 2.30 bits per heavy atom. The van der Waals surface area contributed by atoms with Gasteiger partial charge in [0, 0.05) is 24.5 Å². The molecular weight excluding hydrogens is 126 g/mol. The van der Waals surface area contributed by atoms with Crippen molar-refractivity contribution in [2.75, 3.05) is 13.1 Å². The fourth-order valence-electron chi connectivity index (χ4n) is 1.32. The summed E-state index contributed by atoms with van der Waals surface area (Å²) in [7, 11) is 0. The van der Waals surface area contributed by atoms with Gasteiger partial charge in [-0.1, -0.05) is 6.92 Å². The van der Waals surface area contributed by atoms with Crippen LogP contribution in [-0.2, 0) is 4.79 Å². The molecule has 0 aromatic heterocycles. The van der Waals surface area contributed by atoms with Gasteiger partial charge in [0.1, 0.15) is 6.29 Å². The molecule has 1 rings (SSSR count). The summed E-state index contributed by atoms with van der Waals surface area (Å²) in [5.41, 5.74) is -0.0374. The van der Waals surface area contributed by atoms with Gasteiger partial charge >= 0.3 is 0 Å². The van der Waals surface area contributed by atoms with E-state index in [1.54, 1.807) is 0 Å². The maximum absolute atomic E-state index is 10.5. The first kappa shape index (κ1) is 7.73. The van der Waals surface area contributed by atoms with Gasteiger partial charge in [-0.3, -0.25) is 4.90 Å². The molecule has 0 spiro atoms. The SMILES string of the molecule is CC(C)N1CC(C)(C=O)C1. The number of aldehydes is 1. The number of nitrogens with zero attached hydrogens (tertiary/aromatic N) is 1. The number of carbonyl (C=O) groups is 1. The summed E-state index contributed by atoms with van der Waals surface area (Å²) in [4.78, 5) is 12.8. The highest BCUT2D eigenvalue weighted by atomic mass is 16.1. The van der Waals surface area contributed by atoms with Crippen molar-refractivity contribution in [2.24, 2.45) is 5.41 Å². The Hall–Kier alpha value is -0.370. The van der Waals surface area contributed by atoms with Crippen molar-refractivity contribution in [3.63, 3.8) is 0 Å². The van der Waals surface area contributed by atoms with E-state index >= 15 is 0 Å². The first-order valence-electron chi connectivity index (χ1n) is 3.78. The molecule has 1 aliphatic heterocycles. The topological polar surface area (TPSA) is 20.3 Å². The van der Waals surface area contributed by atoms with Crippen LogP contribution in [0.3, 0.4) is 0 Å². The lowest BCUT2D eigenvalue weighted by Crippen LogP contribution is -2.57. The van der Waals surface area contributed by atoms with Gasteiger partial charge in [0.05, 0.1) is 0 Å². The summed E-state index contributed by atoms with van der Waals surface area (Å²) in [5.74, 6) is 0. The van der Waals surface area contributed by atoms with Gasteiger partial charge in [-0.2, -0.15) is 0 Å². The molecular formula is C8H15NO. The molecule has 0 N–H and O–H groups in total. The van der Waals surface area contributed by atoms with E-state index in [0.717, 1.165) is 19.4 Å². The first-order valence-corrected chi connectivity index (χ1v) is 3.78. The number of rotatable bonds is 2. The van der Waals surface area contributed by atoms with Gasteiger partial charge in [0.25, 0.3) is 0 Å². The molecule has 2 heteroatoms. The zero-order chi connectivity index (χ0) is 7.78. The van der Waals surface area contributed by atoms with Crippen LogP contribution in [0.15, 0.2) is 0 Å². The molecule has 0 atom stereocenters. The van der Waals surface area contributed by atoms with Crippen LogP contribution in [0.25, 0.3) is 0 Å². The summed E-state index contributed by atoms with van der Waals surface area (Å²) in [6.45, 7) is 8.20. The fourth-order valence-corrected chi connectivity index (χ4v) is 1.32. The Morgan fingerprint density at radius 1 is 1.50 bits per heavy atom. The standard InChI is InChI=1S/C8H15NO/c1-7(2)9-4-8(3,5-9)6-10/h6-7H,4-5H2,1-3H3. The second-order valence-corrected chi connectivity index (χ2v) is 3.77. The van der Waals surface area contributed by atoms with Gasteiger partial charge in [-0.05, 0) is 13.8 Å². The van der Waals surface area contributed by atoms with E-state index in [1.807, 2.05) is 6.92 Å². The Bertz CT molecular complexity index is 136. The third kappa shape index (κ3) is 1.21. The number of carbonyl (C=O) groups excluding carboxylic acids is 1. The molecule has 1 heterocycles. The predicted molar refractivity (Wildman–Crippen MR) is 40.9 cm³/mol. The van der Waals surface area contributed by atoms with Crippen molar-refractivity contribution in [3.8, 4) is 0 Å². The van der Waals surface area contributed by atoms with E-state index in [0.29, 0.717) is 6.04 Å². The largest absolute Gasteiger partial charge is 0.303 e. The molecule has 0 amide bonds. The van der Waals surface area contributed by atoms with Crippen LogP contribution in [0.1, 0.15) is 20.8 Å². The van der Waals surface area contributed by atoms with Crippen molar-refractivity contribution >= 4 is 6.29 Å². The summed E-state index contributed by atoms with van der Waals surface area (Å²) in [6.07, 6.45) is 1.08. The van der Waals surface area contributed by atoms with Gasteiger partial charge in [-0.15, -0.1) is 0 Å². The zero-order valence-corrected chi connectivity index (χ0v) is 6.92. The van der Waals surface area contributed by atoms with Crippen LogP contribution < -0.4 is 0 Å². The van der Waals surface area contributed by atoms with Gasteiger partial charge < -0.3 is 4.79 Å². The van der Waals surface area contributed by atoms with Crippen molar-refractivity contribution in [1.29, 1.82) is 0 Å². The maximum atomic E-state index is 10.5. The first-order chi connectivity index (χ1) is 4.57. The van der Waals surface area contributed by atoms with Crippen LogP contribution in [-0.4, -0.2) is 30.3 Å². The minimum absolute atomic E-state index is 0.0374. The number of hydrogen-bond donors (Lipinski definition) is 0. The average Bonchev–Trinajstić information content (AvgIpc) is 1.80.